The summed E-state index contributed by atoms with van der Waals surface area (Å²) in [6.07, 6.45) is 3.53. The van der Waals surface area contributed by atoms with Crippen LogP contribution < -0.4 is 15.1 Å². The van der Waals surface area contributed by atoms with Crippen LogP contribution in [-0.4, -0.2) is 67.1 Å². The molecule has 1 aliphatic heterocycles. The standard InChI is InChI=1S/C21H30FN7.HI/c1-4-27(5-2)19-8-7-17(15-18(19)22)16-26-20(23-3)28-11-13-29(14-12-28)21-24-9-6-10-25-21;/h6-10,15H,4-5,11-14,16H2,1-3H3,(H,23,26);1H. The molecule has 0 bridgehead atoms. The van der Waals surface area contributed by atoms with E-state index >= 15 is 0 Å². The molecular weight excluding hydrogens is 496 g/mol. The predicted molar refractivity (Wildman–Crippen MR) is 131 cm³/mol. The Morgan fingerprint density at radius 2 is 1.80 bits per heavy atom. The van der Waals surface area contributed by atoms with Gasteiger partial charge in [0.05, 0.1) is 5.69 Å². The summed E-state index contributed by atoms with van der Waals surface area (Å²) in [5, 5.41) is 3.36. The lowest BCUT2D eigenvalue weighted by atomic mass is 10.1. The average Bonchev–Trinajstić information content (AvgIpc) is 2.77. The summed E-state index contributed by atoms with van der Waals surface area (Å²) in [6.45, 7) is 9.49. The normalized spacial score (nSPS) is 14.3. The molecule has 1 aliphatic rings. The maximum atomic E-state index is 14.5. The van der Waals surface area contributed by atoms with Gasteiger partial charge in [0.25, 0.3) is 0 Å². The first-order valence-corrected chi connectivity index (χ1v) is 10.2. The molecule has 0 aliphatic carbocycles. The van der Waals surface area contributed by atoms with E-state index in [0.717, 1.165) is 56.7 Å². The number of hydrogen-bond acceptors (Lipinski definition) is 5. The maximum absolute atomic E-state index is 14.5. The van der Waals surface area contributed by atoms with Gasteiger partial charge in [-0.1, -0.05) is 6.07 Å². The number of hydrogen-bond donors (Lipinski definition) is 1. The van der Waals surface area contributed by atoms with Crippen LogP contribution in [0.15, 0.2) is 41.7 Å². The van der Waals surface area contributed by atoms with E-state index in [1.165, 1.54) is 0 Å². The minimum Gasteiger partial charge on any atom is -0.370 e. The quantitative estimate of drug-likeness (QED) is 0.354. The van der Waals surface area contributed by atoms with Crippen molar-refractivity contribution < 1.29 is 4.39 Å². The van der Waals surface area contributed by atoms with E-state index in [4.69, 9.17) is 0 Å². The third kappa shape index (κ3) is 5.93. The van der Waals surface area contributed by atoms with Crippen LogP contribution in [0.25, 0.3) is 0 Å². The molecule has 1 saturated heterocycles. The molecule has 2 aromatic rings. The lowest BCUT2D eigenvalue weighted by molar-refractivity contribution is 0.370. The Kier molecular flexibility index (Phi) is 9.54. The van der Waals surface area contributed by atoms with Crippen LogP contribution in [-0.2, 0) is 6.54 Å². The summed E-state index contributed by atoms with van der Waals surface area (Å²) in [7, 11) is 1.78. The van der Waals surface area contributed by atoms with Crippen molar-refractivity contribution >= 4 is 41.6 Å². The first kappa shape index (κ1) is 24.1. The predicted octanol–water partition coefficient (Wildman–Crippen LogP) is 2.98. The zero-order valence-corrected chi connectivity index (χ0v) is 20.2. The fourth-order valence-corrected chi connectivity index (χ4v) is 3.57. The van der Waals surface area contributed by atoms with Crippen molar-refractivity contribution in [2.45, 2.75) is 20.4 Å². The molecular formula is C21H31FIN7. The monoisotopic (exact) mass is 527 g/mol. The van der Waals surface area contributed by atoms with Crippen molar-refractivity contribution in [2.75, 3.05) is 56.1 Å². The van der Waals surface area contributed by atoms with Crippen LogP contribution >= 0.6 is 24.0 Å². The Morgan fingerprint density at radius 1 is 1.13 bits per heavy atom. The first-order valence-electron chi connectivity index (χ1n) is 10.2. The fourth-order valence-electron chi connectivity index (χ4n) is 3.57. The summed E-state index contributed by atoms with van der Waals surface area (Å²) in [4.78, 5) is 19.4. The van der Waals surface area contributed by atoms with Crippen LogP contribution in [0.4, 0.5) is 16.0 Å². The van der Waals surface area contributed by atoms with E-state index in [1.807, 2.05) is 36.9 Å². The molecule has 1 N–H and O–H groups in total. The zero-order valence-electron chi connectivity index (χ0n) is 17.9. The highest BCUT2D eigenvalue weighted by atomic mass is 127. The van der Waals surface area contributed by atoms with Crippen LogP contribution in [0.3, 0.4) is 0 Å². The summed E-state index contributed by atoms with van der Waals surface area (Å²) >= 11 is 0. The van der Waals surface area contributed by atoms with Gasteiger partial charge in [-0.3, -0.25) is 4.99 Å². The highest BCUT2D eigenvalue weighted by Gasteiger charge is 2.21. The van der Waals surface area contributed by atoms with Crippen molar-refractivity contribution in [3.63, 3.8) is 0 Å². The van der Waals surface area contributed by atoms with Gasteiger partial charge < -0.3 is 20.0 Å². The number of anilines is 2. The zero-order chi connectivity index (χ0) is 20.6. The number of piperazine rings is 1. The largest absolute Gasteiger partial charge is 0.370 e. The Labute approximate surface area is 195 Å². The molecule has 164 valence electrons. The molecule has 2 heterocycles. The number of halogens is 2. The van der Waals surface area contributed by atoms with Gasteiger partial charge in [-0.05, 0) is 37.6 Å². The number of nitrogens with zero attached hydrogens (tertiary/aromatic N) is 6. The van der Waals surface area contributed by atoms with Crippen LogP contribution in [0.2, 0.25) is 0 Å². The van der Waals surface area contributed by atoms with E-state index in [2.05, 4.69) is 30.1 Å². The molecule has 0 atom stereocenters. The lowest BCUT2D eigenvalue weighted by Gasteiger charge is -2.36. The molecule has 30 heavy (non-hydrogen) atoms. The highest BCUT2D eigenvalue weighted by Crippen LogP contribution is 2.20. The molecule has 0 radical (unpaired) electrons. The van der Waals surface area contributed by atoms with Gasteiger partial charge in [-0.2, -0.15) is 0 Å². The first-order chi connectivity index (χ1) is 14.2. The minimum absolute atomic E-state index is 0. The fraction of sp³-hybridized carbons (Fsp3) is 0.476. The molecule has 0 unspecified atom stereocenters. The molecule has 1 aromatic carbocycles. The second kappa shape index (κ2) is 11.9. The molecule has 0 amide bonds. The van der Waals surface area contributed by atoms with Crippen molar-refractivity contribution in [1.82, 2.24) is 20.2 Å². The molecule has 0 spiro atoms. The topological polar surface area (TPSA) is 59.9 Å². The van der Waals surface area contributed by atoms with E-state index in [-0.39, 0.29) is 29.8 Å². The summed E-state index contributed by atoms with van der Waals surface area (Å²) < 4.78 is 14.5. The Hall–Kier alpha value is -2.17. The van der Waals surface area contributed by atoms with Gasteiger partial charge in [-0.15, -0.1) is 24.0 Å². The number of guanidine groups is 1. The number of rotatable bonds is 6. The highest BCUT2D eigenvalue weighted by molar-refractivity contribution is 14.0. The van der Waals surface area contributed by atoms with E-state index in [1.54, 1.807) is 25.5 Å². The van der Waals surface area contributed by atoms with Crippen molar-refractivity contribution in [3.05, 3.63) is 48.0 Å². The summed E-state index contributed by atoms with van der Waals surface area (Å²) in [5.74, 6) is 1.41. The number of nitrogens with one attached hydrogen (secondary N) is 1. The van der Waals surface area contributed by atoms with E-state index < -0.39 is 0 Å². The molecule has 9 heteroatoms. The second-order valence-electron chi connectivity index (χ2n) is 6.88. The van der Waals surface area contributed by atoms with Gasteiger partial charge in [0.15, 0.2) is 5.96 Å². The van der Waals surface area contributed by atoms with Crippen LogP contribution in [0.1, 0.15) is 19.4 Å². The van der Waals surface area contributed by atoms with Gasteiger partial charge >= 0.3 is 0 Å². The molecule has 1 aromatic heterocycles. The van der Waals surface area contributed by atoms with Crippen LogP contribution in [0, 0.1) is 5.82 Å². The van der Waals surface area contributed by atoms with Crippen LogP contribution in [0.5, 0.6) is 0 Å². The maximum Gasteiger partial charge on any atom is 0.225 e. The molecule has 1 fully saturated rings. The number of aliphatic imine (C=N–C) groups is 1. The van der Waals surface area contributed by atoms with Crippen molar-refractivity contribution in [3.8, 4) is 0 Å². The van der Waals surface area contributed by atoms with Gasteiger partial charge in [0.2, 0.25) is 5.95 Å². The van der Waals surface area contributed by atoms with Crippen molar-refractivity contribution in [2.24, 2.45) is 4.99 Å². The van der Waals surface area contributed by atoms with E-state index in [9.17, 15) is 4.39 Å². The molecule has 7 nitrogen and oxygen atoms in total. The van der Waals surface area contributed by atoms with Crippen molar-refractivity contribution in [1.29, 1.82) is 0 Å². The Balaban J connectivity index is 0.00000320. The second-order valence-corrected chi connectivity index (χ2v) is 6.88. The Morgan fingerprint density at radius 3 is 2.37 bits per heavy atom. The van der Waals surface area contributed by atoms with E-state index in [0.29, 0.717) is 12.2 Å². The van der Waals surface area contributed by atoms with Gasteiger partial charge in [0.1, 0.15) is 5.82 Å². The van der Waals surface area contributed by atoms with Gasteiger partial charge in [0, 0.05) is 65.3 Å². The van der Waals surface area contributed by atoms with Gasteiger partial charge in [-0.25, -0.2) is 14.4 Å². The average molecular weight is 527 g/mol. The smallest absolute Gasteiger partial charge is 0.225 e. The number of aromatic nitrogens is 2. The summed E-state index contributed by atoms with van der Waals surface area (Å²) in [5.41, 5.74) is 1.55. The third-order valence-electron chi connectivity index (χ3n) is 5.19. The number of benzene rings is 1. The summed E-state index contributed by atoms with van der Waals surface area (Å²) in [6, 6.07) is 7.27. The molecule has 3 rings (SSSR count). The minimum atomic E-state index is -0.181. The SMILES string of the molecule is CCN(CC)c1ccc(CNC(=NC)N2CCN(c3ncccn3)CC2)cc1F.I. The Bertz CT molecular complexity index is 806. The molecule has 0 saturated carbocycles. The third-order valence-corrected chi connectivity index (χ3v) is 5.19. The lowest BCUT2D eigenvalue weighted by Crippen LogP contribution is -2.52.